The molecular formula is C11H20N2O4. The maximum Gasteiger partial charge on any atom is 0.326 e. The molecule has 0 aromatic heterocycles. The summed E-state index contributed by atoms with van der Waals surface area (Å²) in [6.45, 7) is 4.79. The van der Waals surface area contributed by atoms with Crippen molar-refractivity contribution in [2.75, 3.05) is 13.2 Å². The monoisotopic (exact) mass is 244 g/mol. The molecule has 98 valence electrons. The molecule has 2 amide bonds. The number of carbonyl (C=O) groups excluding carboxylic acids is 1. The van der Waals surface area contributed by atoms with E-state index in [2.05, 4.69) is 10.6 Å². The van der Waals surface area contributed by atoms with Gasteiger partial charge in [0.15, 0.2) is 0 Å². The van der Waals surface area contributed by atoms with Gasteiger partial charge in [-0.1, -0.05) is 13.8 Å². The summed E-state index contributed by atoms with van der Waals surface area (Å²) in [5, 5.41) is 14.2. The molecule has 1 aliphatic rings. The Kier molecular flexibility index (Phi) is 5.21. The summed E-state index contributed by atoms with van der Waals surface area (Å²) in [6.07, 6.45) is 1.54. The molecule has 17 heavy (non-hydrogen) atoms. The van der Waals surface area contributed by atoms with E-state index in [1.807, 2.05) is 0 Å². The first-order valence-electron chi connectivity index (χ1n) is 5.88. The minimum absolute atomic E-state index is 0.0744. The number of ether oxygens (including phenoxy) is 1. The number of urea groups is 1. The predicted molar refractivity (Wildman–Crippen MR) is 61.8 cm³/mol. The van der Waals surface area contributed by atoms with Gasteiger partial charge in [0.1, 0.15) is 6.04 Å². The fourth-order valence-electron chi connectivity index (χ4n) is 1.72. The van der Waals surface area contributed by atoms with Gasteiger partial charge >= 0.3 is 12.0 Å². The number of hydrogen-bond acceptors (Lipinski definition) is 3. The van der Waals surface area contributed by atoms with E-state index in [1.165, 1.54) is 0 Å². The van der Waals surface area contributed by atoms with Crippen molar-refractivity contribution in [1.29, 1.82) is 0 Å². The van der Waals surface area contributed by atoms with Crippen LogP contribution >= 0.6 is 0 Å². The Balaban J connectivity index is 2.38. The summed E-state index contributed by atoms with van der Waals surface area (Å²) >= 11 is 0. The van der Waals surface area contributed by atoms with Crippen LogP contribution in [-0.2, 0) is 9.53 Å². The third-order valence-electron chi connectivity index (χ3n) is 2.78. The quantitative estimate of drug-likeness (QED) is 0.674. The molecule has 1 aliphatic heterocycles. The van der Waals surface area contributed by atoms with E-state index in [1.54, 1.807) is 13.8 Å². The Morgan fingerprint density at radius 2 is 1.88 bits per heavy atom. The molecule has 1 rings (SSSR count). The molecule has 0 bridgehead atoms. The summed E-state index contributed by atoms with van der Waals surface area (Å²) in [5.74, 6) is -1.16. The molecule has 0 saturated carbocycles. The van der Waals surface area contributed by atoms with Crippen LogP contribution in [0.5, 0.6) is 0 Å². The fourth-order valence-corrected chi connectivity index (χ4v) is 1.72. The standard InChI is InChI=1S/C11H20N2O4/c1-7(2)9(10(14)15)13-11(16)12-8-3-5-17-6-4-8/h7-9H,3-6H2,1-2H3,(H,14,15)(H2,12,13,16)/t9-/m1/s1. The van der Waals surface area contributed by atoms with E-state index in [4.69, 9.17) is 9.84 Å². The Hall–Kier alpha value is -1.30. The second-order valence-corrected chi connectivity index (χ2v) is 4.56. The minimum atomic E-state index is -1.01. The van der Waals surface area contributed by atoms with Gasteiger partial charge in [-0.3, -0.25) is 0 Å². The number of aliphatic carboxylic acids is 1. The van der Waals surface area contributed by atoms with Gasteiger partial charge in [0, 0.05) is 19.3 Å². The topological polar surface area (TPSA) is 87.7 Å². The lowest BCUT2D eigenvalue weighted by atomic mass is 10.1. The molecule has 0 aliphatic carbocycles. The smallest absolute Gasteiger partial charge is 0.326 e. The van der Waals surface area contributed by atoms with Gasteiger partial charge in [-0.2, -0.15) is 0 Å². The van der Waals surface area contributed by atoms with Crippen LogP contribution in [0.4, 0.5) is 4.79 Å². The molecule has 0 spiro atoms. The van der Waals surface area contributed by atoms with Crippen molar-refractivity contribution in [3.63, 3.8) is 0 Å². The van der Waals surface area contributed by atoms with E-state index in [0.717, 1.165) is 12.8 Å². The average molecular weight is 244 g/mol. The van der Waals surface area contributed by atoms with Crippen molar-refractivity contribution in [2.45, 2.75) is 38.8 Å². The maximum atomic E-state index is 11.6. The number of carboxylic acid groups (broad SMARTS) is 1. The van der Waals surface area contributed by atoms with Gasteiger partial charge in [0.05, 0.1) is 0 Å². The van der Waals surface area contributed by atoms with Crippen molar-refractivity contribution in [2.24, 2.45) is 5.92 Å². The molecule has 3 N–H and O–H groups in total. The molecule has 1 fully saturated rings. The highest BCUT2D eigenvalue weighted by molar-refractivity contribution is 5.82. The number of carbonyl (C=O) groups is 2. The highest BCUT2D eigenvalue weighted by atomic mass is 16.5. The zero-order chi connectivity index (χ0) is 12.8. The van der Waals surface area contributed by atoms with Crippen LogP contribution in [0.1, 0.15) is 26.7 Å². The summed E-state index contributed by atoms with van der Waals surface area (Å²) in [4.78, 5) is 22.5. The molecule has 0 radical (unpaired) electrons. The Bertz CT molecular complexity index is 275. The van der Waals surface area contributed by atoms with Crippen LogP contribution in [0.25, 0.3) is 0 Å². The van der Waals surface area contributed by atoms with Crippen molar-refractivity contribution in [3.05, 3.63) is 0 Å². The average Bonchev–Trinajstić information content (AvgIpc) is 2.26. The van der Waals surface area contributed by atoms with E-state index in [0.29, 0.717) is 13.2 Å². The van der Waals surface area contributed by atoms with Gasteiger partial charge in [-0.05, 0) is 18.8 Å². The van der Waals surface area contributed by atoms with Gasteiger partial charge < -0.3 is 20.5 Å². The first kappa shape index (κ1) is 13.8. The van der Waals surface area contributed by atoms with Crippen LogP contribution < -0.4 is 10.6 Å². The third kappa shape index (κ3) is 4.60. The summed E-state index contributed by atoms with van der Waals surface area (Å²) in [6, 6.07) is -1.20. The molecule has 1 atom stereocenters. The molecule has 6 heteroatoms. The van der Waals surface area contributed by atoms with Gasteiger partial charge in [0.2, 0.25) is 0 Å². The van der Waals surface area contributed by atoms with Crippen LogP contribution in [-0.4, -0.2) is 42.4 Å². The summed E-state index contributed by atoms with van der Waals surface area (Å²) in [7, 11) is 0. The van der Waals surface area contributed by atoms with E-state index >= 15 is 0 Å². The largest absolute Gasteiger partial charge is 0.480 e. The lowest BCUT2D eigenvalue weighted by molar-refractivity contribution is -0.140. The van der Waals surface area contributed by atoms with Gasteiger partial charge in [-0.15, -0.1) is 0 Å². The maximum absolute atomic E-state index is 11.6. The second kappa shape index (κ2) is 6.44. The van der Waals surface area contributed by atoms with Crippen LogP contribution in [0, 0.1) is 5.92 Å². The number of amides is 2. The van der Waals surface area contributed by atoms with E-state index < -0.39 is 18.0 Å². The molecule has 1 saturated heterocycles. The number of nitrogens with one attached hydrogen (secondary N) is 2. The zero-order valence-corrected chi connectivity index (χ0v) is 10.2. The number of hydrogen-bond donors (Lipinski definition) is 3. The van der Waals surface area contributed by atoms with Crippen molar-refractivity contribution >= 4 is 12.0 Å². The molecule has 0 aromatic carbocycles. The Morgan fingerprint density at radius 1 is 1.29 bits per heavy atom. The SMILES string of the molecule is CC(C)[C@@H](NC(=O)NC1CCOCC1)C(=O)O. The fraction of sp³-hybridized carbons (Fsp3) is 0.818. The van der Waals surface area contributed by atoms with Crippen LogP contribution in [0.2, 0.25) is 0 Å². The van der Waals surface area contributed by atoms with Crippen molar-refractivity contribution in [1.82, 2.24) is 10.6 Å². The van der Waals surface area contributed by atoms with Gasteiger partial charge in [-0.25, -0.2) is 9.59 Å². The molecular weight excluding hydrogens is 224 g/mol. The highest BCUT2D eigenvalue weighted by Crippen LogP contribution is 2.06. The normalized spacial score (nSPS) is 18.8. The Morgan fingerprint density at radius 3 is 2.35 bits per heavy atom. The Labute approximate surface area is 101 Å². The predicted octanol–water partition coefficient (Wildman–Crippen LogP) is 0.574. The van der Waals surface area contributed by atoms with E-state index in [9.17, 15) is 9.59 Å². The summed E-state index contributed by atoms with van der Waals surface area (Å²) < 4.78 is 5.17. The lowest BCUT2D eigenvalue weighted by Crippen LogP contribution is -2.51. The summed E-state index contributed by atoms with van der Waals surface area (Å²) in [5.41, 5.74) is 0. The lowest BCUT2D eigenvalue weighted by Gasteiger charge is -2.25. The number of rotatable bonds is 4. The number of carboxylic acids is 1. The second-order valence-electron chi connectivity index (χ2n) is 4.56. The third-order valence-corrected chi connectivity index (χ3v) is 2.78. The molecule has 0 aromatic rings. The van der Waals surface area contributed by atoms with Crippen molar-refractivity contribution < 1.29 is 19.4 Å². The van der Waals surface area contributed by atoms with Crippen LogP contribution in [0.3, 0.4) is 0 Å². The van der Waals surface area contributed by atoms with E-state index in [-0.39, 0.29) is 12.0 Å². The van der Waals surface area contributed by atoms with Crippen LogP contribution in [0.15, 0.2) is 0 Å². The molecule has 1 heterocycles. The van der Waals surface area contributed by atoms with Gasteiger partial charge in [0.25, 0.3) is 0 Å². The molecule has 6 nitrogen and oxygen atoms in total. The van der Waals surface area contributed by atoms with Crippen molar-refractivity contribution in [3.8, 4) is 0 Å². The zero-order valence-electron chi connectivity index (χ0n) is 10.2. The first-order valence-corrected chi connectivity index (χ1v) is 5.88. The first-order chi connectivity index (χ1) is 8.00. The minimum Gasteiger partial charge on any atom is -0.480 e. The molecule has 0 unspecified atom stereocenters. The highest BCUT2D eigenvalue weighted by Gasteiger charge is 2.24.